The van der Waals surface area contributed by atoms with Crippen LogP contribution in [0.5, 0.6) is 0 Å². The summed E-state index contributed by atoms with van der Waals surface area (Å²) in [6.45, 7) is 2.35. The number of hydrogen-bond donors (Lipinski definition) is 1. The molecule has 1 aliphatic carbocycles. The summed E-state index contributed by atoms with van der Waals surface area (Å²) in [5.41, 5.74) is 5.54. The summed E-state index contributed by atoms with van der Waals surface area (Å²) < 4.78 is 14.3. The Morgan fingerprint density at radius 1 is 1.27 bits per heavy atom. The van der Waals surface area contributed by atoms with Gasteiger partial charge in [-0.05, 0) is 37.7 Å². The van der Waals surface area contributed by atoms with Crippen LogP contribution in [0.15, 0.2) is 24.3 Å². The molecule has 0 spiro atoms. The van der Waals surface area contributed by atoms with Gasteiger partial charge >= 0.3 is 0 Å². The second-order valence-electron chi connectivity index (χ2n) is 7.84. The summed E-state index contributed by atoms with van der Waals surface area (Å²) in [5, 5.41) is 0. The predicted molar refractivity (Wildman–Crippen MR) is 95.8 cm³/mol. The Morgan fingerprint density at radius 2 is 2.04 bits per heavy atom. The molecule has 2 N–H and O–H groups in total. The number of carbonyl (C=O) groups excluding carboxylic acids is 2. The molecule has 5 nitrogen and oxygen atoms in total. The maximum Gasteiger partial charge on any atom is 0.233 e. The number of rotatable bonds is 4. The summed E-state index contributed by atoms with van der Waals surface area (Å²) in [7, 11) is 0. The summed E-state index contributed by atoms with van der Waals surface area (Å²) in [5.74, 6) is 0.254. The van der Waals surface area contributed by atoms with Crippen LogP contribution in [0.4, 0.5) is 4.39 Å². The van der Waals surface area contributed by atoms with E-state index in [1.54, 1.807) is 18.2 Å². The molecule has 26 heavy (non-hydrogen) atoms. The van der Waals surface area contributed by atoms with Gasteiger partial charge in [0.25, 0.3) is 0 Å². The third-order valence-electron chi connectivity index (χ3n) is 6.35. The van der Waals surface area contributed by atoms with Crippen LogP contribution < -0.4 is 5.73 Å². The lowest BCUT2D eigenvalue weighted by Gasteiger charge is -2.47. The molecular weight excluding hydrogens is 333 g/mol. The van der Waals surface area contributed by atoms with Gasteiger partial charge in [-0.15, -0.1) is 0 Å². The largest absolute Gasteiger partial charge is 0.341 e. The number of carbonyl (C=O) groups is 2. The smallest absolute Gasteiger partial charge is 0.233 e. The molecule has 0 unspecified atom stereocenters. The molecule has 1 saturated carbocycles. The molecule has 0 radical (unpaired) electrons. The van der Waals surface area contributed by atoms with Crippen molar-refractivity contribution in [3.63, 3.8) is 0 Å². The topological polar surface area (TPSA) is 66.6 Å². The fourth-order valence-corrected chi connectivity index (χ4v) is 4.84. The van der Waals surface area contributed by atoms with Crippen LogP contribution in [-0.4, -0.2) is 53.8 Å². The number of nitrogens with two attached hydrogens (primary N) is 1. The molecule has 4 rings (SSSR count). The van der Waals surface area contributed by atoms with E-state index in [4.69, 9.17) is 5.73 Å². The van der Waals surface area contributed by atoms with E-state index in [1.807, 2.05) is 9.80 Å². The van der Waals surface area contributed by atoms with E-state index in [9.17, 15) is 14.0 Å². The molecule has 2 heterocycles. The molecule has 3 fully saturated rings. The number of halogens is 1. The Balaban J connectivity index is 1.50. The molecule has 2 aliphatic heterocycles. The highest BCUT2D eigenvalue weighted by Crippen LogP contribution is 2.51. The van der Waals surface area contributed by atoms with Crippen molar-refractivity contribution in [2.45, 2.75) is 43.6 Å². The first-order valence-electron chi connectivity index (χ1n) is 9.61. The van der Waals surface area contributed by atoms with Crippen molar-refractivity contribution in [3.05, 3.63) is 35.6 Å². The Labute approximate surface area is 153 Å². The standard InChI is InChI=1S/C20H26FN3O2/c21-16-4-2-1-3-15(16)20(8-9-20)19(26)23-11-7-17-14(13-23)5-6-18(25)24(17)12-10-22/h1-4,14,17H,5-13,22H2/t14-,17+/m0/s1. The summed E-state index contributed by atoms with van der Waals surface area (Å²) in [6.07, 6.45) is 3.57. The van der Waals surface area contributed by atoms with Crippen molar-refractivity contribution in [2.24, 2.45) is 11.7 Å². The summed E-state index contributed by atoms with van der Waals surface area (Å²) in [6, 6.07) is 6.83. The van der Waals surface area contributed by atoms with E-state index >= 15 is 0 Å². The Kier molecular flexibility index (Phi) is 4.47. The third-order valence-corrected chi connectivity index (χ3v) is 6.35. The molecule has 1 aromatic rings. The Bertz CT molecular complexity index is 719. The van der Waals surface area contributed by atoms with Gasteiger partial charge in [0.1, 0.15) is 5.82 Å². The van der Waals surface area contributed by atoms with Crippen molar-refractivity contribution >= 4 is 11.8 Å². The highest BCUT2D eigenvalue weighted by molar-refractivity contribution is 5.91. The Morgan fingerprint density at radius 3 is 2.73 bits per heavy atom. The van der Waals surface area contributed by atoms with Gasteiger partial charge in [-0.3, -0.25) is 9.59 Å². The zero-order chi connectivity index (χ0) is 18.3. The normalized spacial score (nSPS) is 27.2. The van der Waals surface area contributed by atoms with Crippen LogP contribution in [0, 0.1) is 11.7 Å². The van der Waals surface area contributed by atoms with Crippen molar-refractivity contribution in [2.75, 3.05) is 26.2 Å². The van der Waals surface area contributed by atoms with Crippen LogP contribution in [0.2, 0.25) is 0 Å². The van der Waals surface area contributed by atoms with Crippen LogP contribution in [-0.2, 0) is 15.0 Å². The molecule has 140 valence electrons. The molecule has 1 aromatic carbocycles. The van der Waals surface area contributed by atoms with Gasteiger partial charge in [-0.2, -0.15) is 0 Å². The SMILES string of the molecule is NCCN1C(=O)CC[C@H]2CN(C(=O)C3(c4ccccc4F)CC3)CC[C@H]21. The predicted octanol–water partition coefficient (Wildman–Crippen LogP) is 1.66. The second kappa shape index (κ2) is 6.65. The number of amides is 2. The van der Waals surface area contributed by atoms with Crippen molar-refractivity contribution in [3.8, 4) is 0 Å². The lowest BCUT2D eigenvalue weighted by atomic mass is 9.82. The van der Waals surface area contributed by atoms with Crippen LogP contribution in [0.1, 0.15) is 37.7 Å². The minimum Gasteiger partial charge on any atom is -0.341 e. The van der Waals surface area contributed by atoms with Gasteiger partial charge in [0.15, 0.2) is 0 Å². The maximum absolute atomic E-state index is 14.3. The lowest BCUT2D eigenvalue weighted by Crippen LogP contribution is -2.58. The van der Waals surface area contributed by atoms with Crippen molar-refractivity contribution < 1.29 is 14.0 Å². The molecule has 2 amide bonds. The minimum atomic E-state index is -0.667. The fourth-order valence-electron chi connectivity index (χ4n) is 4.84. The van der Waals surface area contributed by atoms with E-state index in [-0.39, 0.29) is 23.7 Å². The molecular formula is C20H26FN3O2. The van der Waals surface area contributed by atoms with Crippen LogP contribution in [0.3, 0.4) is 0 Å². The van der Waals surface area contributed by atoms with Crippen LogP contribution >= 0.6 is 0 Å². The highest BCUT2D eigenvalue weighted by Gasteiger charge is 2.55. The quantitative estimate of drug-likeness (QED) is 0.889. The first kappa shape index (κ1) is 17.5. The first-order valence-corrected chi connectivity index (χ1v) is 9.61. The number of hydrogen-bond acceptors (Lipinski definition) is 3. The van der Waals surface area contributed by atoms with Crippen molar-refractivity contribution in [1.82, 2.24) is 9.80 Å². The monoisotopic (exact) mass is 359 g/mol. The third kappa shape index (κ3) is 2.80. The van der Waals surface area contributed by atoms with Crippen LogP contribution in [0.25, 0.3) is 0 Å². The van der Waals surface area contributed by atoms with Gasteiger partial charge in [-0.1, -0.05) is 18.2 Å². The Hall–Kier alpha value is -1.95. The average Bonchev–Trinajstić information content (AvgIpc) is 3.45. The molecule has 2 atom stereocenters. The van der Waals surface area contributed by atoms with E-state index in [1.165, 1.54) is 6.07 Å². The maximum atomic E-state index is 14.3. The van der Waals surface area contributed by atoms with Gasteiger partial charge in [0.05, 0.1) is 5.41 Å². The van der Waals surface area contributed by atoms with E-state index in [0.717, 1.165) is 25.7 Å². The highest BCUT2D eigenvalue weighted by atomic mass is 19.1. The molecule has 3 aliphatic rings. The molecule has 0 bridgehead atoms. The number of fused-ring (bicyclic) bond motifs is 1. The number of nitrogens with zero attached hydrogens (tertiary/aromatic N) is 2. The average molecular weight is 359 g/mol. The zero-order valence-corrected chi connectivity index (χ0v) is 15.0. The zero-order valence-electron chi connectivity index (χ0n) is 15.0. The fraction of sp³-hybridized carbons (Fsp3) is 0.600. The molecule has 0 aromatic heterocycles. The van der Waals surface area contributed by atoms with Crippen molar-refractivity contribution in [1.29, 1.82) is 0 Å². The minimum absolute atomic E-state index is 0.0586. The number of likely N-dealkylation sites (tertiary alicyclic amines) is 2. The summed E-state index contributed by atoms with van der Waals surface area (Å²) in [4.78, 5) is 29.3. The molecule has 6 heteroatoms. The summed E-state index contributed by atoms with van der Waals surface area (Å²) >= 11 is 0. The van der Waals surface area contributed by atoms with Gasteiger partial charge in [0.2, 0.25) is 11.8 Å². The first-order chi connectivity index (χ1) is 12.6. The van der Waals surface area contributed by atoms with Gasteiger partial charge < -0.3 is 15.5 Å². The van der Waals surface area contributed by atoms with E-state index in [0.29, 0.717) is 44.1 Å². The second-order valence-corrected chi connectivity index (χ2v) is 7.84. The van der Waals surface area contributed by atoms with E-state index in [2.05, 4.69) is 0 Å². The number of piperidine rings is 2. The molecule has 2 saturated heterocycles. The van der Waals surface area contributed by atoms with Gasteiger partial charge in [-0.25, -0.2) is 4.39 Å². The number of benzene rings is 1. The van der Waals surface area contributed by atoms with E-state index < -0.39 is 5.41 Å². The lowest BCUT2D eigenvalue weighted by molar-refractivity contribution is -0.145. The van der Waals surface area contributed by atoms with Gasteiger partial charge in [0, 0.05) is 44.2 Å².